The molecule has 0 atom stereocenters. The molecule has 10 heteroatoms. The average Bonchev–Trinajstić information content (AvgIpc) is 2.97. The fraction of sp³-hybridized carbons (Fsp3) is 0.300. The molecule has 0 aliphatic rings. The molecule has 0 saturated carbocycles. The third-order valence-electron chi connectivity index (χ3n) is 2.45. The molecule has 108 valence electrons. The largest absolute Gasteiger partial charge is 0.476 e. The number of aryl methyl sites for hydroxylation is 1. The number of sulfonamides is 1. The van der Waals surface area contributed by atoms with E-state index >= 15 is 0 Å². The van der Waals surface area contributed by atoms with E-state index in [2.05, 4.69) is 14.8 Å². The lowest BCUT2D eigenvalue weighted by Gasteiger charge is -2.05. The highest BCUT2D eigenvalue weighted by molar-refractivity contribution is 7.89. The number of nitrogens with zero attached hydrogens (tertiary/aromatic N) is 3. The number of aromatic carboxylic acids is 1. The van der Waals surface area contributed by atoms with Gasteiger partial charge in [0.25, 0.3) is 10.0 Å². The number of carboxylic acid groups (broad SMARTS) is 1. The standard InChI is InChI=1S/C10H12N4O4S2/c1-14-9(3-4-11-14)20(17,18)12-5-2-8-13-7(6-19-8)10(15)16/h3-4,6,12H,2,5H2,1H3,(H,15,16). The molecule has 0 saturated heterocycles. The van der Waals surface area contributed by atoms with Crippen LogP contribution in [0.1, 0.15) is 15.5 Å². The Morgan fingerprint density at radius 2 is 2.30 bits per heavy atom. The molecule has 2 aromatic rings. The van der Waals surface area contributed by atoms with Crippen molar-refractivity contribution >= 4 is 27.3 Å². The Morgan fingerprint density at radius 1 is 1.55 bits per heavy atom. The molecule has 0 bridgehead atoms. The lowest BCUT2D eigenvalue weighted by Crippen LogP contribution is -2.27. The van der Waals surface area contributed by atoms with Crippen LogP contribution in [0.15, 0.2) is 22.7 Å². The summed E-state index contributed by atoms with van der Waals surface area (Å²) in [4.78, 5) is 14.5. The second-order valence-corrected chi connectivity index (χ2v) is 6.53. The SMILES string of the molecule is Cn1nccc1S(=O)(=O)NCCc1nc(C(=O)O)cs1. The highest BCUT2D eigenvalue weighted by Gasteiger charge is 2.17. The zero-order valence-electron chi connectivity index (χ0n) is 10.5. The number of nitrogens with one attached hydrogen (secondary N) is 1. The fourth-order valence-electron chi connectivity index (χ4n) is 1.52. The van der Waals surface area contributed by atoms with Crippen molar-refractivity contribution in [1.29, 1.82) is 0 Å². The van der Waals surface area contributed by atoms with Crippen LogP contribution in [0.5, 0.6) is 0 Å². The summed E-state index contributed by atoms with van der Waals surface area (Å²) >= 11 is 1.18. The Bertz CT molecular complexity index is 719. The van der Waals surface area contributed by atoms with Crippen LogP contribution in [0.3, 0.4) is 0 Å². The van der Waals surface area contributed by atoms with Gasteiger partial charge >= 0.3 is 5.97 Å². The first-order valence-corrected chi connectivity index (χ1v) is 7.92. The van der Waals surface area contributed by atoms with Crippen molar-refractivity contribution in [2.24, 2.45) is 7.05 Å². The monoisotopic (exact) mass is 316 g/mol. The van der Waals surface area contributed by atoms with E-state index in [0.29, 0.717) is 11.4 Å². The first kappa shape index (κ1) is 14.6. The van der Waals surface area contributed by atoms with Gasteiger partial charge in [-0.15, -0.1) is 11.3 Å². The molecule has 2 aromatic heterocycles. The Balaban J connectivity index is 1.95. The molecule has 2 heterocycles. The van der Waals surface area contributed by atoms with Gasteiger partial charge in [-0.25, -0.2) is 22.9 Å². The van der Waals surface area contributed by atoms with E-state index in [4.69, 9.17) is 5.11 Å². The van der Waals surface area contributed by atoms with Gasteiger partial charge in [0.15, 0.2) is 10.7 Å². The first-order valence-electron chi connectivity index (χ1n) is 5.55. The summed E-state index contributed by atoms with van der Waals surface area (Å²) < 4.78 is 27.5. The van der Waals surface area contributed by atoms with Crippen molar-refractivity contribution in [3.05, 3.63) is 28.3 Å². The molecule has 0 unspecified atom stereocenters. The third kappa shape index (κ3) is 3.21. The zero-order valence-corrected chi connectivity index (χ0v) is 12.1. The Morgan fingerprint density at radius 3 is 2.85 bits per heavy atom. The van der Waals surface area contributed by atoms with Gasteiger partial charge in [0, 0.05) is 25.4 Å². The lowest BCUT2D eigenvalue weighted by molar-refractivity contribution is 0.0691. The quantitative estimate of drug-likeness (QED) is 0.781. The van der Waals surface area contributed by atoms with Gasteiger partial charge in [-0.2, -0.15) is 5.10 Å². The highest BCUT2D eigenvalue weighted by atomic mass is 32.2. The van der Waals surface area contributed by atoms with E-state index in [1.807, 2.05) is 0 Å². The van der Waals surface area contributed by atoms with Crippen molar-refractivity contribution in [2.75, 3.05) is 6.54 Å². The second kappa shape index (κ2) is 5.69. The molecule has 0 aliphatic heterocycles. The molecule has 0 aliphatic carbocycles. The molecule has 2 rings (SSSR count). The Hall–Kier alpha value is -1.78. The minimum Gasteiger partial charge on any atom is -0.476 e. The topological polar surface area (TPSA) is 114 Å². The van der Waals surface area contributed by atoms with Gasteiger partial charge in [-0.1, -0.05) is 0 Å². The number of aromatic nitrogens is 3. The zero-order chi connectivity index (χ0) is 14.8. The number of carbonyl (C=O) groups is 1. The number of thiazole rings is 1. The fourth-order valence-corrected chi connectivity index (χ4v) is 3.44. The molecule has 20 heavy (non-hydrogen) atoms. The maximum absolute atomic E-state index is 11.9. The van der Waals surface area contributed by atoms with E-state index in [-0.39, 0.29) is 17.3 Å². The summed E-state index contributed by atoms with van der Waals surface area (Å²) in [5, 5.41) is 14.6. The first-order chi connectivity index (χ1) is 9.40. The average molecular weight is 316 g/mol. The summed E-state index contributed by atoms with van der Waals surface area (Å²) in [6.07, 6.45) is 1.73. The summed E-state index contributed by atoms with van der Waals surface area (Å²) in [6.45, 7) is 0.139. The van der Waals surface area contributed by atoms with Gasteiger partial charge in [0.2, 0.25) is 0 Å². The number of hydrogen-bond acceptors (Lipinski definition) is 6. The Kier molecular flexibility index (Phi) is 4.16. The summed E-state index contributed by atoms with van der Waals surface area (Å²) in [5.41, 5.74) is -0.0282. The minimum absolute atomic E-state index is 0.0282. The van der Waals surface area contributed by atoms with E-state index in [9.17, 15) is 13.2 Å². The smallest absolute Gasteiger partial charge is 0.355 e. The molecular weight excluding hydrogens is 304 g/mol. The van der Waals surface area contributed by atoms with Crippen molar-refractivity contribution in [3.63, 3.8) is 0 Å². The normalized spacial score (nSPS) is 11.7. The molecule has 0 radical (unpaired) electrons. The molecule has 0 fully saturated rings. The molecule has 8 nitrogen and oxygen atoms in total. The summed E-state index contributed by atoms with van der Waals surface area (Å²) in [6, 6.07) is 1.40. The summed E-state index contributed by atoms with van der Waals surface area (Å²) in [7, 11) is -2.08. The lowest BCUT2D eigenvalue weighted by atomic mass is 10.4. The van der Waals surface area contributed by atoms with Crippen LogP contribution < -0.4 is 4.72 Å². The molecular formula is C10H12N4O4S2. The molecule has 0 spiro atoms. The second-order valence-electron chi connectivity index (χ2n) is 3.87. The Labute approximate surface area is 119 Å². The van der Waals surface area contributed by atoms with Crippen molar-refractivity contribution in [3.8, 4) is 0 Å². The minimum atomic E-state index is -3.62. The van der Waals surface area contributed by atoms with E-state index in [1.54, 1.807) is 0 Å². The van der Waals surface area contributed by atoms with Gasteiger partial charge in [0.1, 0.15) is 0 Å². The maximum Gasteiger partial charge on any atom is 0.355 e. The van der Waals surface area contributed by atoms with Crippen LogP contribution in [-0.2, 0) is 23.5 Å². The van der Waals surface area contributed by atoms with Gasteiger partial charge in [-0.3, -0.25) is 4.68 Å². The van der Waals surface area contributed by atoms with E-state index in [0.717, 1.165) is 0 Å². The predicted molar refractivity (Wildman–Crippen MR) is 71.2 cm³/mol. The van der Waals surface area contributed by atoms with Crippen molar-refractivity contribution in [1.82, 2.24) is 19.5 Å². The van der Waals surface area contributed by atoms with Gasteiger partial charge in [0.05, 0.1) is 11.2 Å². The van der Waals surface area contributed by atoms with Crippen LogP contribution in [-0.4, -0.2) is 40.8 Å². The van der Waals surface area contributed by atoms with E-state index < -0.39 is 16.0 Å². The van der Waals surface area contributed by atoms with Crippen LogP contribution in [0, 0.1) is 0 Å². The highest BCUT2D eigenvalue weighted by Crippen LogP contribution is 2.11. The number of hydrogen-bond donors (Lipinski definition) is 2. The molecule has 2 N–H and O–H groups in total. The molecule has 0 aromatic carbocycles. The third-order valence-corrected chi connectivity index (χ3v) is 4.90. The van der Waals surface area contributed by atoms with Crippen LogP contribution in [0.2, 0.25) is 0 Å². The summed E-state index contributed by atoms with van der Waals surface area (Å²) in [5.74, 6) is -1.09. The maximum atomic E-state index is 11.9. The van der Waals surface area contributed by atoms with Crippen LogP contribution in [0.4, 0.5) is 0 Å². The number of carboxylic acids is 1. The van der Waals surface area contributed by atoms with Crippen molar-refractivity contribution < 1.29 is 18.3 Å². The van der Waals surface area contributed by atoms with Crippen LogP contribution >= 0.6 is 11.3 Å². The van der Waals surface area contributed by atoms with E-state index in [1.165, 1.54) is 40.7 Å². The van der Waals surface area contributed by atoms with Gasteiger partial charge in [-0.05, 0) is 6.07 Å². The van der Waals surface area contributed by atoms with Crippen molar-refractivity contribution in [2.45, 2.75) is 11.4 Å². The van der Waals surface area contributed by atoms with Crippen LogP contribution in [0.25, 0.3) is 0 Å². The molecule has 0 amide bonds. The number of rotatable bonds is 6. The van der Waals surface area contributed by atoms with Gasteiger partial charge < -0.3 is 5.11 Å². The predicted octanol–water partition coefficient (Wildman–Crippen LogP) is 0.0958.